The van der Waals surface area contributed by atoms with Gasteiger partial charge in [0.2, 0.25) is 5.91 Å². The van der Waals surface area contributed by atoms with Crippen LogP contribution in [0, 0.1) is 0 Å². The first-order valence-electron chi connectivity index (χ1n) is 6.17. The van der Waals surface area contributed by atoms with E-state index in [0.29, 0.717) is 6.42 Å². The van der Waals surface area contributed by atoms with Crippen LogP contribution in [0.3, 0.4) is 0 Å². The van der Waals surface area contributed by atoms with E-state index in [-0.39, 0.29) is 25.0 Å². The Labute approximate surface area is 102 Å². The Morgan fingerprint density at radius 2 is 2.12 bits per heavy atom. The molecule has 5 heteroatoms. The molecule has 0 aromatic rings. The molecule has 0 aliphatic carbocycles. The Hall–Kier alpha value is -1.10. The first-order chi connectivity index (χ1) is 8.09. The summed E-state index contributed by atoms with van der Waals surface area (Å²) < 4.78 is 5.54. The second kappa shape index (κ2) is 7.27. The summed E-state index contributed by atoms with van der Waals surface area (Å²) in [6.45, 7) is 1.08. The highest BCUT2D eigenvalue weighted by Crippen LogP contribution is 2.17. The molecule has 0 radical (unpaired) electrons. The molecule has 1 aliphatic heterocycles. The first-order valence-corrected chi connectivity index (χ1v) is 6.17. The summed E-state index contributed by atoms with van der Waals surface area (Å²) >= 11 is 0. The molecule has 1 amide bonds. The normalized spacial score (nSPS) is 19.9. The molecule has 1 aliphatic rings. The van der Waals surface area contributed by atoms with Crippen LogP contribution in [0.2, 0.25) is 0 Å². The second-order valence-corrected chi connectivity index (χ2v) is 4.49. The third-order valence-corrected chi connectivity index (χ3v) is 3.04. The Balaban J connectivity index is 2.16. The van der Waals surface area contributed by atoms with Crippen molar-refractivity contribution < 1.29 is 19.4 Å². The van der Waals surface area contributed by atoms with Gasteiger partial charge in [-0.25, -0.2) is 0 Å². The van der Waals surface area contributed by atoms with E-state index in [4.69, 9.17) is 9.84 Å². The van der Waals surface area contributed by atoms with Gasteiger partial charge in [-0.3, -0.25) is 9.59 Å². The molecule has 0 saturated carbocycles. The topological polar surface area (TPSA) is 66.8 Å². The lowest BCUT2D eigenvalue weighted by atomic mass is 10.0. The third kappa shape index (κ3) is 5.68. The molecule has 1 fully saturated rings. The van der Waals surface area contributed by atoms with Gasteiger partial charge in [0, 0.05) is 26.6 Å². The van der Waals surface area contributed by atoms with Crippen molar-refractivity contribution in [2.75, 3.05) is 20.2 Å². The summed E-state index contributed by atoms with van der Waals surface area (Å²) in [5.74, 6) is -0.874. The number of carbonyl (C=O) groups excluding carboxylic acids is 1. The number of rotatable bonds is 6. The van der Waals surface area contributed by atoms with Gasteiger partial charge in [-0.2, -0.15) is 0 Å². The van der Waals surface area contributed by atoms with E-state index in [1.807, 2.05) is 0 Å². The Bertz CT molecular complexity index is 261. The average molecular weight is 243 g/mol. The number of amides is 1. The number of carboxylic acids is 1. The summed E-state index contributed by atoms with van der Waals surface area (Å²) in [6, 6.07) is 0. The van der Waals surface area contributed by atoms with Crippen LogP contribution in [0.5, 0.6) is 0 Å². The van der Waals surface area contributed by atoms with Crippen molar-refractivity contribution >= 4 is 11.9 Å². The number of carboxylic acid groups (broad SMARTS) is 1. The predicted octanol–water partition coefficient (Wildman–Crippen LogP) is 1.27. The number of ether oxygens (including phenoxy) is 1. The fourth-order valence-corrected chi connectivity index (χ4v) is 1.90. The minimum absolute atomic E-state index is 0.000392. The molecule has 98 valence electrons. The lowest BCUT2D eigenvalue weighted by Gasteiger charge is -2.23. The van der Waals surface area contributed by atoms with Gasteiger partial charge in [0.15, 0.2) is 0 Å². The molecule has 0 spiro atoms. The minimum atomic E-state index is -0.875. The summed E-state index contributed by atoms with van der Waals surface area (Å²) in [5.41, 5.74) is 0. The van der Waals surface area contributed by atoms with Crippen LogP contribution in [0.25, 0.3) is 0 Å². The number of carbonyl (C=O) groups is 2. The summed E-state index contributed by atoms with van der Waals surface area (Å²) in [5, 5.41) is 8.52. The van der Waals surface area contributed by atoms with E-state index >= 15 is 0 Å². The molecule has 0 bridgehead atoms. The second-order valence-electron chi connectivity index (χ2n) is 4.49. The Kier molecular flexibility index (Phi) is 5.97. The quantitative estimate of drug-likeness (QED) is 0.763. The van der Waals surface area contributed by atoms with E-state index in [1.165, 1.54) is 11.3 Å². The van der Waals surface area contributed by atoms with E-state index in [2.05, 4.69) is 0 Å². The molecule has 1 heterocycles. The molecular formula is C12H21NO4. The molecule has 0 aromatic carbocycles. The predicted molar refractivity (Wildman–Crippen MR) is 62.7 cm³/mol. The van der Waals surface area contributed by atoms with Gasteiger partial charge in [-0.15, -0.1) is 0 Å². The van der Waals surface area contributed by atoms with Gasteiger partial charge in [0.05, 0.1) is 12.5 Å². The molecule has 1 saturated heterocycles. The van der Waals surface area contributed by atoms with E-state index in [9.17, 15) is 9.59 Å². The highest BCUT2D eigenvalue weighted by atomic mass is 16.5. The van der Waals surface area contributed by atoms with Crippen LogP contribution in [0.4, 0.5) is 0 Å². The van der Waals surface area contributed by atoms with Crippen molar-refractivity contribution in [2.45, 2.75) is 44.6 Å². The molecule has 5 nitrogen and oxygen atoms in total. The van der Waals surface area contributed by atoms with Gasteiger partial charge in [-0.1, -0.05) is 0 Å². The maximum atomic E-state index is 11.7. The third-order valence-electron chi connectivity index (χ3n) is 3.04. The highest BCUT2D eigenvalue weighted by molar-refractivity contribution is 5.76. The van der Waals surface area contributed by atoms with Crippen LogP contribution >= 0.6 is 0 Å². The number of aliphatic carboxylic acids is 1. The fourth-order valence-electron chi connectivity index (χ4n) is 1.90. The summed E-state index contributed by atoms with van der Waals surface area (Å²) in [4.78, 5) is 23.5. The van der Waals surface area contributed by atoms with Gasteiger partial charge in [0.1, 0.15) is 0 Å². The van der Waals surface area contributed by atoms with Crippen molar-refractivity contribution in [3.05, 3.63) is 0 Å². The fraction of sp³-hybridized carbons (Fsp3) is 0.833. The minimum Gasteiger partial charge on any atom is -0.481 e. The average Bonchev–Trinajstić information content (AvgIpc) is 2.34. The Morgan fingerprint density at radius 1 is 1.35 bits per heavy atom. The monoisotopic (exact) mass is 243 g/mol. The number of hydrogen-bond acceptors (Lipinski definition) is 3. The zero-order valence-corrected chi connectivity index (χ0v) is 10.4. The van der Waals surface area contributed by atoms with Crippen molar-refractivity contribution in [2.24, 2.45) is 0 Å². The summed E-state index contributed by atoms with van der Waals surface area (Å²) in [6.07, 6.45) is 4.72. The van der Waals surface area contributed by atoms with Crippen LogP contribution < -0.4 is 0 Å². The molecule has 17 heavy (non-hydrogen) atoms. The lowest BCUT2D eigenvalue weighted by molar-refractivity contribution is -0.138. The molecular weight excluding hydrogens is 222 g/mol. The van der Waals surface area contributed by atoms with Crippen LogP contribution in [-0.4, -0.2) is 48.2 Å². The van der Waals surface area contributed by atoms with Crippen LogP contribution in [-0.2, 0) is 14.3 Å². The van der Waals surface area contributed by atoms with Crippen LogP contribution in [0.1, 0.15) is 38.5 Å². The van der Waals surface area contributed by atoms with E-state index in [1.54, 1.807) is 7.05 Å². The van der Waals surface area contributed by atoms with Crippen molar-refractivity contribution in [3.63, 3.8) is 0 Å². The van der Waals surface area contributed by atoms with E-state index in [0.717, 1.165) is 25.9 Å². The van der Waals surface area contributed by atoms with Crippen molar-refractivity contribution in [3.8, 4) is 0 Å². The standard InChI is InChI=1S/C12H21NO4/c1-13(8-7-12(15)16)11(14)6-5-10-4-2-3-9-17-10/h10H,2-9H2,1H3,(H,15,16)/t10-/m1/s1. The molecule has 0 unspecified atom stereocenters. The zero-order chi connectivity index (χ0) is 12.7. The first kappa shape index (κ1) is 14.0. The molecule has 1 N–H and O–H groups in total. The van der Waals surface area contributed by atoms with Gasteiger partial charge >= 0.3 is 5.97 Å². The van der Waals surface area contributed by atoms with Gasteiger partial charge < -0.3 is 14.7 Å². The van der Waals surface area contributed by atoms with Gasteiger partial charge in [-0.05, 0) is 25.7 Å². The molecule has 0 aromatic heterocycles. The SMILES string of the molecule is CN(CCC(=O)O)C(=O)CC[C@H]1CCCCO1. The smallest absolute Gasteiger partial charge is 0.305 e. The molecule has 1 rings (SSSR count). The van der Waals surface area contributed by atoms with Crippen molar-refractivity contribution in [1.29, 1.82) is 0 Å². The van der Waals surface area contributed by atoms with Crippen LogP contribution in [0.15, 0.2) is 0 Å². The highest BCUT2D eigenvalue weighted by Gasteiger charge is 2.17. The Morgan fingerprint density at radius 3 is 2.71 bits per heavy atom. The lowest BCUT2D eigenvalue weighted by Crippen LogP contribution is -2.30. The molecule has 1 atom stereocenters. The zero-order valence-electron chi connectivity index (χ0n) is 10.4. The maximum absolute atomic E-state index is 11.7. The maximum Gasteiger partial charge on any atom is 0.305 e. The largest absolute Gasteiger partial charge is 0.481 e. The summed E-state index contributed by atoms with van der Waals surface area (Å²) in [7, 11) is 1.65. The van der Waals surface area contributed by atoms with Crippen molar-refractivity contribution in [1.82, 2.24) is 4.90 Å². The number of hydrogen-bond donors (Lipinski definition) is 1. The van der Waals surface area contributed by atoms with E-state index < -0.39 is 5.97 Å². The van der Waals surface area contributed by atoms with Gasteiger partial charge in [0.25, 0.3) is 0 Å². The number of nitrogens with zero attached hydrogens (tertiary/aromatic N) is 1.